The molecule has 0 saturated carbocycles. The molecule has 0 unspecified atom stereocenters. The molecule has 0 aliphatic heterocycles. The average molecular weight is 681 g/mol. The summed E-state index contributed by atoms with van der Waals surface area (Å²) in [6.45, 7) is 6.84. The number of halogens is 2. The normalized spacial score (nSPS) is 12.7. The Balaban J connectivity index is 1.85. The van der Waals surface area contributed by atoms with Gasteiger partial charge in [0.2, 0.25) is 11.8 Å². The topological polar surface area (TPSA) is 86.8 Å². The Hall–Kier alpha value is -3.85. The Bertz CT molecular complexity index is 1770. The van der Waals surface area contributed by atoms with Crippen LogP contribution in [0.5, 0.6) is 0 Å². The van der Waals surface area contributed by atoms with Crippen LogP contribution in [0, 0.1) is 13.8 Å². The number of amides is 2. The molecule has 0 heterocycles. The number of anilines is 1. The van der Waals surface area contributed by atoms with Gasteiger partial charge < -0.3 is 10.2 Å². The summed E-state index contributed by atoms with van der Waals surface area (Å²) in [7, 11) is -4.25. The van der Waals surface area contributed by atoms with Crippen molar-refractivity contribution in [2.75, 3.05) is 10.8 Å². The van der Waals surface area contributed by atoms with Crippen LogP contribution in [0.4, 0.5) is 5.69 Å². The quantitative estimate of drug-likeness (QED) is 0.160. The number of hydrogen-bond acceptors (Lipinski definition) is 4. The Kier molecular flexibility index (Phi) is 11.9. The largest absolute Gasteiger partial charge is 0.352 e. The minimum atomic E-state index is -4.25. The van der Waals surface area contributed by atoms with Crippen molar-refractivity contribution in [3.05, 3.63) is 129 Å². The third-order valence-corrected chi connectivity index (χ3v) is 10.5. The second-order valence-corrected chi connectivity index (χ2v) is 14.0. The monoisotopic (exact) mass is 679 g/mol. The van der Waals surface area contributed by atoms with Gasteiger partial charge in [0, 0.05) is 29.1 Å². The molecule has 0 spiro atoms. The summed E-state index contributed by atoms with van der Waals surface area (Å²) in [5.41, 5.74) is 3.13. The van der Waals surface area contributed by atoms with Crippen LogP contribution in [-0.2, 0) is 32.6 Å². The van der Waals surface area contributed by atoms with E-state index in [0.29, 0.717) is 27.6 Å². The van der Waals surface area contributed by atoms with Crippen LogP contribution < -0.4 is 9.62 Å². The lowest BCUT2D eigenvalue weighted by Crippen LogP contribution is -2.54. The molecule has 1 N–H and O–H groups in total. The highest BCUT2D eigenvalue weighted by Crippen LogP contribution is 2.32. The van der Waals surface area contributed by atoms with Crippen molar-refractivity contribution in [1.29, 1.82) is 0 Å². The Morgan fingerprint density at radius 3 is 2.11 bits per heavy atom. The van der Waals surface area contributed by atoms with Crippen molar-refractivity contribution in [3.63, 3.8) is 0 Å². The van der Waals surface area contributed by atoms with Crippen LogP contribution in [0.1, 0.15) is 42.5 Å². The van der Waals surface area contributed by atoms with Crippen LogP contribution in [-0.4, -0.2) is 43.8 Å². The number of carbonyl (C=O) groups excluding carboxylic acids is 2. The third kappa shape index (κ3) is 8.49. The van der Waals surface area contributed by atoms with Gasteiger partial charge in [-0.3, -0.25) is 13.9 Å². The van der Waals surface area contributed by atoms with Crippen molar-refractivity contribution >= 4 is 50.7 Å². The summed E-state index contributed by atoms with van der Waals surface area (Å²) in [4.78, 5) is 30.0. The highest BCUT2D eigenvalue weighted by Gasteiger charge is 2.35. The zero-order valence-corrected chi connectivity index (χ0v) is 28.7. The number of sulfonamides is 1. The summed E-state index contributed by atoms with van der Waals surface area (Å²) in [5, 5.41) is 3.82. The molecule has 4 aromatic rings. The van der Waals surface area contributed by atoms with Crippen LogP contribution in [0.15, 0.2) is 102 Å². The van der Waals surface area contributed by atoms with E-state index in [-0.39, 0.29) is 35.5 Å². The lowest BCUT2D eigenvalue weighted by molar-refractivity contribution is -0.140. The van der Waals surface area contributed by atoms with E-state index in [4.69, 9.17) is 23.2 Å². The molecule has 2 atom stereocenters. The lowest BCUT2D eigenvalue weighted by Gasteiger charge is -2.35. The predicted octanol–water partition coefficient (Wildman–Crippen LogP) is 7.36. The molecule has 0 bridgehead atoms. The van der Waals surface area contributed by atoms with Crippen molar-refractivity contribution in [3.8, 4) is 0 Å². The highest BCUT2D eigenvalue weighted by molar-refractivity contribution is 7.92. The molecule has 4 rings (SSSR count). The van der Waals surface area contributed by atoms with E-state index >= 15 is 0 Å². The Morgan fingerprint density at radius 2 is 1.46 bits per heavy atom. The lowest BCUT2D eigenvalue weighted by atomic mass is 10.0. The Morgan fingerprint density at radius 1 is 0.826 bits per heavy atom. The zero-order valence-electron chi connectivity index (χ0n) is 26.4. The zero-order chi connectivity index (χ0) is 33.4. The summed E-state index contributed by atoms with van der Waals surface area (Å²) < 4.78 is 29.6. The molecule has 0 aromatic heterocycles. The van der Waals surface area contributed by atoms with E-state index in [1.807, 2.05) is 51.1 Å². The number of aryl methyl sites for hydroxylation is 1. The number of nitrogens with one attached hydrogen (secondary N) is 1. The molecule has 10 heteroatoms. The number of nitrogens with zero attached hydrogens (tertiary/aromatic N) is 2. The van der Waals surface area contributed by atoms with E-state index in [1.54, 1.807) is 61.5 Å². The van der Waals surface area contributed by atoms with E-state index in [2.05, 4.69) is 5.32 Å². The van der Waals surface area contributed by atoms with E-state index in [1.165, 1.54) is 17.0 Å². The second kappa shape index (κ2) is 15.6. The van der Waals surface area contributed by atoms with Gasteiger partial charge in [-0.05, 0) is 74.2 Å². The first-order chi connectivity index (χ1) is 21.9. The maximum Gasteiger partial charge on any atom is 0.264 e. The average Bonchev–Trinajstić information content (AvgIpc) is 3.04. The maximum atomic E-state index is 14.6. The van der Waals surface area contributed by atoms with Crippen molar-refractivity contribution in [2.24, 2.45) is 0 Å². The van der Waals surface area contributed by atoms with Gasteiger partial charge in [-0.25, -0.2) is 8.42 Å². The molecular formula is C36H39Cl2N3O4S. The van der Waals surface area contributed by atoms with Gasteiger partial charge >= 0.3 is 0 Å². The van der Waals surface area contributed by atoms with Gasteiger partial charge in [0.05, 0.1) is 10.6 Å². The minimum Gasteiger partial charge on any atom is -0.352 e. The van der Waals surface area contributed by atoms with Crippen LogP contribution in [0.3, 0.4) is 0 Å². The van der Waals surface area contributed by atoms with Crippen LogP contribution >= 0.6 is 23.2 Å². The fraction of sp³-hybridized carbons (Fsp3) is 0.278. The highest BCUT2D eigenvalue weighted by atomic mass is 35.5. The van der Waals surface area contributed by atoms with Gasteiger partial charge in [-0.1, -0.05) is 102 Å². The SMILES string of the molecule is CC[C@H](C)NC(=O)[C@H](Cc1ccccc1)N(Cc1ccccc1Cl)C(=O)CN(c1cccc(Cl)c1C)S(=O)(=O)c1ccc(C)cc1. The molecule has 46 heavy (non-hydrogen) atoms. The summed E-state index contributed by atoms with van der Waals surface area (Å²) in [6.07, 6.45) is 0.902. The summed E-state index contributed by atoms with van der Waals surface area (Å²) >= 11 is 13.0. The van der Waals surface area contributed by atoms with Gasteiger partial charge in [0.25, 0.3) is 10.0 Å². The number of benzene rings is 4. The van der Waals surface area contributed by atoms with E-state index < -0.39 is 28.5 Å². The van der Waals surface area contributed by atoms with Gasteiger partial charge in [0.15, 0.2) is 0 Å². The summed E-state index contributed by atoms with van der Waals surface area (Å²) in [6, 6.07) is 26.8. The standard InChI is InChI=1S/C36H39Cl2N3O4S/c1-5-26(3)39-36(43)34(22-28-12-7-6-8-13-28)40(23-29-14-9-10-15-32(29)38)35(42)24-41(33-17-11-16-31(37)27(33)4)46(44,45)30-20-18-25(2)19-21-30/h6-21,26,34H,5,22-24H2,1-4H3,(H,39,43)/t26-,34-/m0/s1. The van der Waals surface area contributed by atoms with Crippen molar-refractivity contribution in [2.45, 2.75) is 64.1 Å². The predicted molar refractivity (Wildman–Crippen MR) is 186 cm³/mol. The van der Waals surface area contributed by atoms with Crippen molar-refractivity contribution in [1.82, 2.24) is 10.2 Å². The molecule has 0 radical (unpaired) electrons. The van der Waals surface area contributed by atoms with Gasteiger partial charge in [-0.2, -0.15) is 0 Å². The third-order valence-electron chi connectivity index (χ3n) is 7.97. The number of hydrogen-bond donors (Lipinski definition) is 1. The molecular weight excluding hydrogens is 641 g/mol. The fourth-order valence-electron chi connectivity index (χ4n) is 5.02. The molecule has 4 aromatic carbocycles. The van der Waals surface area contributed by atoms with Gasteiger partial charge in [0.1, 0.15) is 12.6 Å². The first-order valence-electron chi connectivity index (χ1n) is 15.1. The number of rotatable bonds is 13. The fourth-order valence-corrected chi connectivity index (χ4v) is 6.86. The minimum absolute atomic E-state index is 0.0170. The van der Waals surface area contributed by atoms with E-state index in [9.17, 15) is 18.0 Å². The second-order valence-electron chi connectivity index (χ2n) is 11.3. The molecule has 0 aliphatic rings. The molecule has 0 saturated heterocycles. The van der Waals surface area contributed by atoms with Crippen LogP contribution in [0.2, 0.25) is 10.0 Å². The maximum absolute atomic E-state index is 14.6. The number of carbonyl (C=O) groups is 2. The Labute approximate surface area is 282 Å². The molecule has 0 aliphatic carbocycles. The van der Waals surface area contributed by atoms with Gasteiger partial charge in [-0.15, -0.1) is 0 Å². The smallest absolute Gasteiger partial charge is 0.264 e. The first-order valence-corrected chi connectivity index (χ1v) is 17.3. The van der Waals surface area contributed by atoms with Crippen molar-refractivity contribution < 1.29 is 18.0 Å². The molecule has 242 valence electrons. The van der Waals surface area contributed by atoms with Crippen LogP contribution in [0.25, 0.3) is 0 Å². The van der Waals surface area contributed by atoms with E-state index in [0.717, 1.165) is 15.4 Å². The first kappa shape index (κ1) is 35.0. The molecule has 7 nitrogen and oxygen atoms in total. The molecule has 2 amide bonds. The molecule has 0 fully saturated rings. The summed E-state index contributed by atoms with van der Waals surface area (Å²) in [5.74, 6) is -0.916.